The Bertz CT molecular complexity index is 502. The molecule has 0 aliphatic rings. The van der Waals surface area contributed by atoms with Crippen molar-refractivity contribution in [3.8, 4) is 0 Å². The molecule has 0 bridgehead atoms. The van der Waals surface area contributed by atoms with Gasteiger partial charge in [-0.05, 0) is 12.5 Å². The van der Waals surface area contributed by atoms with Crippen molar-refractivity contribution >= 4 is 17.3 Å². The van der Waals surface area contributed by atoms with Gasteiger partial charge in [0.2, 0.25) is 0 Å². The summed E-state index contributed by atoms with van der Waals surface area (Å²) in [6, 6.07) is 8.16. The number of carboxylic acids is 1. The van der Waals surface area contributed by atoms with Gasteiger partial charge in [0.1, 0.15) is 4.88 Å². The second kappa shape index (κ2) is 4.45. The lowest BCUT2D eigenvalue weighted by Crippen LogP contribution is -1.89. The largest absolute Gasteiger partial charge is 0.477 e. The first-order valence-corrected chi connectivity index (χ1v) is 5.70. The van der Waals surface area contributed by atoms with Crippen molar-refractivity contribution in [3.05, 3.63) is 51.5 Å². The number of rotatable bonds is 3. The number of thiazole rings is 1. The lowest BCUT2D eigenvalue weighted by Gasteiger charge is -1.98. The number of carbonyl (C=O) groups is 1. The van der Waals surface area contributed by atoms with Crippen molar-refractivity contribution in [3.63, 3.8) is 0 Å². The normalized spacial score (nSPS) is 10.3. The third-order valence-electron chi connectivity index (χ3n) is 2.24. The lowest BCUT2D eigenvalue weighted by molar-refractivity contribution is 0.0702. The topological polar surface area (TPSA) is 50.2 Å². The molecule has 0 atom stereocenters. The fourth-order valence-corrected chi connectivity index (χ4v) is 2.16. The van der Waals surface area contributed by atoms with E-state index < -0.39 is 5.97 Å². The highest BCUT2D eigenvalue weighted by atomic mass is 32.1. The molecule has 0 fully saturated rings. The zero-order valence-corrected chi connectivity index (χ0v) is 9.62. The number of aromatic nitrogens is 1. The molecule has 1 N–H and O–H groups in total. The van der Waals surface area contributed by atoms with Gasteiger partial charge in [0.05, 0.1) is 11.2 Å². The van der Waals surface area contributed by atoms with E-state index in [1.54, 1.807) is 0 Å². The summed E-state index contributed by atoms with van der Waals surface area (Å²) in [7, 11) is 0. The summed E-state index contributed by atoms with van der Waals surface area (Å²) in [6.45, 7) is 2.04. The smallest absolute Gasteiger partial charge is 0.347 e. The van der Waals surface area contributed by atoms with Crippen LogP contribution in [0.1, 0.15) is 25.8 Å². The molecule has 0 spiro atoms. The number of hydrogen-bond donors (Lipinski definition) is 1. The van der Waals surface area contributed by atoms with Gasteiger partial charge in [-0.25, -0.2) is 9.78 Å². The Kier molecular flexibility index (Phi) is 3.01. The van der Waals surface area contributed by atoms with Crippen molar-refractivity contribution in [2.45, 2.75) is 13.3 Å². The molecule has 4 heteroatoms. The first kappa shape index (κ1) is 10.8. The number of aryl methyl sites for hydroxylation is 1. The Morgan fingerprint density at radius 2 is 2.06 bits per heavy atom. The van der Waals surface area contributed by atoms with Gasteiger partial charge in [0.25, 0.3) is 0 Å². The van der Waals surface area contributed by atoms with E-state index in [0.717, 1.165) is 10.6 Å². The average Bonchev–Trinajstić information content (AvgIpc) is 2.70. The summed E-state index contributed by atoms with van der Waals surface area (Å²) >= 11 is 1.23. The number of nitrogens with zero attached hydrogens (tertiary/aromatic N) is 1. The van der Waals surface area contributed by atoms with Gasteiger partial charge in [-0.1, -0.05) is 29.8 Å². The first-order valence-electron chi connectivity index (χ1n) is 4.88. The zero-order valence-electron chi connectivity index (χ0n) is 8.80. The Hall–Kier alpha value is -1.68. The van der Waals surface area contributed by atoms with Crippen LogP contribution in [-0.2, 0) is 6.42 Å². The molecule has 1 heterocycles. The zero-order chi connectivity index (χ0) is 11.5. The van der Waals surface area contributed by atoms with Crippen LogP contribution in [0.25, 0.3) is 0 Å². The third-order valence-corrected chi connectivity index (χ3v) is 3.23. The van der Waals surface area contributed by atoms with Crippen molar-refractivity contribution in [2.75, 3.05) is 0 Å². The Balaban J connectivity index is 2.14. The van der Waals surface area contributed by atoms with Gasteiger partial charge in [0, 0.05) is 6.42 Å². The van der Waals surface area contributed by atoms with E-state index in [2.05, 4.69) is 4.98 Å². The summed E-state index contributed by atoms with van der Waals surface area (Å²) in [5.41, 5.74) is 2.37. The molecule has 0 radical (unpaired) electrons. The maximum atomic E-state index is 10.7. The molecule has 0 saturated carbocycles. The molecule has 0 saturated heterocycles. The average molecular weight is 233 g/mol. The highest BCUT2D eigenvalue weighted by molar-refractivity contribution is 7.13. The van der Waals surface area contributed by atoms with Gasteiger partial charge < -0.3 is 5.11 Å². The maximum absolute atomic E-state index is 10.7. The minimum absolute atomic E-state index is 0.294. The molecule has 0 aliphatic carbocycles. The standard InChI is InChI=1S/C12H11NO2S/c1-8-2-4-9(5-3-8)6-11-13-7-10(16-11)12(14)15/h2-5,7H,6H2,1H3,(H,14,15). The molecular formula is C12H11NO2S. The third kappa shape index (κ3) is 2.46. The molecule has 0 aliphatic heterocycles. The van der Waals surface area contributed by atoms with Crippen LogP contribution in [0, 0.1) is 6.92 Å². The molecule has 2 rings (SSSR count). The van der Waals surface area contributed by atoms with Crippen LogP contribution in [-0.4, -0.2) is 16.1 Å². The SMILES string of the molecule is Cc1ccc(Cc2ncc(C(=O)O)s2)cc1. The van der Waals surface area contributed by atoms with Crippen LogP contribution in [0.5, 0.6) is 0 Å². The Labute approximate surface area is 97.4 Å². The van der Waals surface area contributed by atoms with Gasteiger partial charge in [0.15, 0.2) is 0 Å². The monoisotopic (exact) mass is 233 g/mol. The molecule has 2 aromatic rings. The summed E-state index contributed by atoms with van der Waals surface area (Å²) in [6.07, 6.45) is 2.11. The van der Waals surface area contributed by atoms with Crippen LogP contribution in [0.2, 0.25) is 0 Å². The van der Waals surface area contributed by atoms with Crippen LogP contribution < -0.4 is 0 Å². The van der Waals surface area contributed by atoms with E-state index in [4.69, 9.17) is 5.11 Å². The van der Waals surface area contributed by atoms with Crippen LogP contribution in [0.15, 0.2) is 30.5 Å². The fraction of sp³-hybridized carbons (Fsp3) is 0.167. The van der Waals surface area contributed by atoms with E-state index in [-0.39, 0.29) is 0 Å². The molecular weight excluding hydrogens is 222 g/mol. The molecule has 1 aromatic heterocycles. The van der Waals surface area contributed by atoms with E-state index in [0.29, 0.717) is 11.3 Å². The van der Waals surface area contributed by atoms with Gasteiger partial charge in [-0.3, -0.25) is 0 Å². The molecule has 1 aromatic carbocycles. The molecule has 82 valence electrons. The quantitative estimate of drug-likeness (QED) is 0.886. The molecule has 0 amide bonds. The Morgan fingerprint density at radius 1 is 1.38 bits per heavy atom. The number of carboxylic acid groups (broad SMARTS) is 1. The second-order valence-corrected chi connectivity index (χ2v) is 4.70. The minimum Gasteiger partial charge on any atom is -0.477 e. The summed E-state index contributed by atoms with van der Waals surface area (Å²) < 4.78 is 0. The molecule has 0 unspecified atom stereocenters. The van der Waals surface area contributed by atoms with E-state index in [9.17, 15) is 4.79 Å². The second-order valence-electron chi connectivity index (χ2n) is 3.59. The van der Waals surface area contributed by atoms with Crippen molar-refractivity contribution in [1.29, 1.82) is 0 Å². The van der Waals surface area contributed by atoms with Crippen LogP contribution >= 0.6 is 11.3 Å². The van der Waals surface area contributed by atoms with Gasteiger partial charge in [-0.2, -0.15) is 0 Å². The van der Waals surface area contributed by atoms with Crippen molar-refractivity contribution in [2.24, 2.45) is 0 Å². The fourth-order valence-electron chi connectivity index (χ4n) is 1.37. The number of benzene rings is 1. The van der Waals surface area contributed by atoms with Crippen molar-refractivity contribution < 1.29 is 9.90 Å². The highest BCUT2D eigenvalue weighted by Gasteiger charge is 2.08. The van der Waals surface area contributed by atoms with Crippen LogP contribution in [0.4, 0.5) is 0 Å². The summed E-state index contributed by atoms with van der Waals surface area (Å²) in [4.78, 5) is 15.1. The molecule has 3 nitrogen and oxygen atoms in total. The van der Waals surface area contributed by atoms with E-state index >= 15 is 0 Å². The summed E-state index contributed by atoms with van der Waals surface area (Å²) in [5.74, 6) is -0.910. The Morgan fingerprint density at radius 3 is 2.62 bits per heavy atom. The minimum atomic E-state index is -0.910. The lowest BCUT2D eigenvalue weighted by atomic mass is 10.1. The predicted molar refractivity (Wildman–Crippen MR) is 63.1 cm³/mol. The predicted octanol–water partition coefficient (Wildman–Crippen LogP) is 2.74. The number of hydrogen-bond acceptors (Lipinski definition) is 3. The first-order chi connectivity index (χ1) is 7.65. The van der Waals surface area contributed by atoms with E-state index in [1.807, 2.05) is 31.2 Å². The van der Waals surface area contributed by atoms with Crippen LogP contribution in [0.3, 0.4) is 0 Å². The number of aromatic carboxylic acids is 1. The maximum Gasteiger partial charge on any atom is 0.347 e. The highest BCUT2D eigenvalue weighted by Crippen LogP contribution is 2.17. The molecule has 16 heavy (non-hydrogen) atoms. The van der Waals surface area contributed by atoms with Crippen molar-refractivity contribution in [1.82, 2.24) is 4.98 Å². The van der Waals surface area contributed by atoms with E-state index in [1.165, 1.54) is 23.1 Å². The van der Waals surface area contributed by atoms with Gasteiger partial charge >= 0.3 is 5.97 Å². The van der Waals surface area contributed by atoms with Gasteiger partial charge in [-0.15, -0.1) is 11.3 Å². The summed E-state index contributed by atoms with van der Waals surface area (Å²) in [5, 5.41) is 9.61.